The van der Waals surface area contributed by atoms with Gasteiger partial charge in [-0.25, -0.2) is 4.39 Å². The van der Waals surface area contributed by atoms with Crippen molar-refractivity contribution in [2.24, 2.45) is 5.41 Å². The van der Waals surface area contributed by atoms with Crippen LogP contribution in [-0.2, 0) is 4.79 Å². The van der Waals surface area contributed by atoms with Crippen LogP contribution in [-0.4, -0.2) is 24.5 Å². The smallest absolute Gasteiger partial charge is 0.246 e. The Morgan fingerprint density at radius 2 is 2.05 bits per heavy atom. The first-order valence-electron chi connectivity index (χ1n) is 6.75. The number of halogens is 1. The van der Waals surface area contributed by atoms with E-state index in [4.69, 9.17) is 0 Å². The second kappa shape index (κ2) is 4.04. The maximum Gasteiger partial charge on any atom is 0.246 e. The van der Waals surface area contributed by atoms with Gasteiger partial charge in [-0.1, -0.05) is 6.07 Å². The largest absolute Gasteiger partial charge is 0.310 e. The molecule has 0 bridgehead atoms. The van der Waals surface area contributed by atoms with Crippen LogP contribution in [0.1, 0.15) is 26.7 Å². The minimum atomic E-state index is -0.599. The van der Waals surface area contributed by atoms with E-state index in [1.807, 2.05) is 13.8 Å². The maximum atomic E-state index is 13.4. The molecule has 19 heavy (non-hydrogen) atoms. The van der Waals surface area contributed by atoms with Crippen LogP contribution in [0.15, 0.2) is 24.3 Å². The summed E-state index contributed by atoms with van der Waals surface area (Å²) < 4.78 is 13.4. The van der Waals surface area contributed by atoms with Gasteiger partial charge in [-0.3, -0.25) is 4.79 Å². The molecular formula is C15H19FN2O. The fourth-order valence-electron chi connectivity index (χ4n) is 2.65. The molecule has 1 aliphatic carbocycles. The lowest BCUT2D eigenvalue weighted by Gasteiger charge is -2.29. The van der Waals surface area contributed by atoms with Crippen molar-refractivity contribution in [2.45, 2.75) is 32.2 Å². The topological polar surface area (TPSA) is 32.3 Å². The van der Waals surface area contributed by atoms with Crippen LogP contribution in [0.4, 0.5) is 10.1 Å². The molecule has 1 saturated carbocycles. The van der Waals surface area contributed by atoms with Crippen molar-refractivity contribution in [3.63, 3.8) is 0 Å². The van der Waals surface area contributed by atoms with Crippen LogP contribution in [0.25, 0.3) is 0 Å². The molecule has 1 amide bonds. The Labute approximate surface area is 112 Å². The molecule has 1 N–H and O–H groups in total. The molecule has 1 heterocycles. The minimum Gasteiger partial charge on any atom is -0.310 e. The monoisotopic (exact) mass is 262 g/mol. The second-order valence-corrected chi connectivity index (χ2v) is 6.35. The molecule has 0 radical (unpaired) electrons. The van der Waals surface area contributed by atoms with E-state index in [9.17, 15) is 9.18 Å². The minimum absolute atomic E-state index is 0.0156. The van der Waals surface area contributed by atoms with Crippen LogP contribution in [0, 0.1) is 11.2 Å². The standard InChI is InChI=1S/C15H19FN2O/c1-14(2)13(19)18(10-15(6-7-15)9-17-14)12-5-3-4-11(16)8-12/h3-5,8,17H,6-7,9-10H2,1-2H3. The van der Waals surface area contributed by atoms with E-state index >= 15 is 0 Å². The van der Waals surface area contributed by atoms with E-state index in [1.54, 1.807) is 17.0 Å². The van der Waals surface area contributed by atoms with Gasteiger partial charge in [0.25, 0.3) is 0 Å². The number of nitrogens with zero attached hydrogens (tertiary/aromatic N) is 1. The lowest BCUT2D eigenvalue weighted by atomic mass is 10.0. The Morgan fingerprint density at radius 1 is 1.32 bits per heavy atom. The predicted molar refractivity (Wildman–Crippen MR) is 72.5 cm³/mol. The van der Waals surface area contributed by atoms with Gasteiger partial charge in [0.05, 0.1) is 5.54 Å². The van der Waals surface area contributed by atoms with Gasteiger partial charge >= 0.3 is 0 Å². The van der Waals surface area contributed by atoms with Gasteiger partial charge in [0.2, 0.25) is 5.91 Å². The van der Waals surface area contributed by atoms with E-state index in [0.29, 0.717) is 12.2 Å². The highest BCUT2D eigenvalue weighted by atomic mass is 19.1. The molecule has 1 saturated heterocycles. The van der Waals surface area contributed by atoms with Gasteiger partial charge in [-0.2, -0.15) is 0 Å². The third-order valence-electron chi connectivity index (χ3n) is 4.26. The van der Waals surface area contributed by atoms with E-state index in [0.717, 1.165) is 19.4 Å². The molecule has 3 rings (SSSR count). The average molecular weight is 262 g/mol. The van der Waals surface area contributed by atoms with Crippen molar-refractivity contribution in [1.29, 1.82) is 0 Å². The van der Waals surface area contributed by atoms with Gasteiger partial charge in [0.15, 0.2) is 0 Å². The first-order chi connectivity index (χ1) is 8.92. The number of hydrogen-bond acceptors (Lipinski definition) is 2. The number of nitrogens with one attached hydrogen (secondary N) is 1. The lowest BCUT2D eigenvalue weighted by Crippen LogP contribution is -2.51. The van der Waals surface area contributed by atoms with Crippen LogP contribution in [0.3, 0.4) is 0 Å². The summed E-state index contributed by atoms with van der Waals surface area (Å²) in [6.45, 7) is 5.33. The molecule has 2 aliphatic rings. The molecule has 102 valence electrons. The summed E-state index contributed by atoms with van der Waals surface area (Å²) in [5.41, 5.74) is 0.252. The normalized spacial score (nSPS) is 24.4. The summed E-state index contributed by atoms with van der Waals surface area (Å²) >= 11 is 0. The molecule has 0 atom stereocenters. The summed E-state index contributed by atoms with van der Waals surface area (Å²) in [6.07, 6.45) is 2.27. The van der Waals surface area contributed by atoms with E-state index in [2.05, 4.69) is 5.32 Å². The van der Waals surface area contributed by atoms with Crippen molar-refractivity contribution >= 4 is 11.6 Å². The first kappa shape index (κ1) is 12.6. The van der Waals surface area contributed by atoms with Crippen molar-refractivity contribution < 1.29 is 9.18 Å². The number of amides is 1. The Kier molecular flexibility index (Phi) is 2.68. The number of carbonyl (C=O) groups excluding carboxylic acids is 1. The summed E-state index contributed by atoms with van der Waals surface area (Å²) in [6, 6.07) is 6.30. The van der Waals surface area contributed by atoms with Crippen molar-refractivity contribution in [3.8, 4) is 0 Å². The van der Waals surface area contributed by atoms with Crippen LogP contribution < -0.4 is 10.2 Å². The highest BCUT2D eigenvalue weighted by Gasteiger charge is 2.50. The van der Waals surface area contributed by atoms with Crippen LogP contribution in [0.2, 0.25) is 0 Å². The fourth-order valence-corrected chi connectivity index (χ4v) is 2.65. The molecule has 3 nitrogen and oxygen atoms in total. The number of rotatable bonds is 1. The zero-order valence-electron chi connectivity index (χ0n) is 11.4. The van der Waals surface area contributed by atoms with Crippen molar-refractivity contribution in [3.05, 3.63) is 30.1 Å². The fraction of sp³-hybridized carbons (Fsp3) is 0.533. The third-order valence-corrected chi connectivity index (χ3v) is 4.26. The number of carbonyl (C=O) groups is 1. The third kappa shape index (κ3) is 2.25. The van der Waals surface area contributed by atoms with Gasteiger partial charge in [0, 0.05) is 24.2 Å². The molecule has 0 unspecified atom stereocenters. The Hall–Kier alpha value is -1.42. The zero-order chi connectivity index (χ0) is 13.7. The molecule has 4 heteroatoms. The van der Waals surface area contributed by atoms with E-state index in [1.165, 1.54) is 12.1 Å². The number of anilines is 1. The molecule has 1 aliphatic heterocycles. The Balaban J connectivity index is 1.99. The quantitative estimate of drug-likeness (QED) is 0.842. The van der Waals surface area contributed by atoms with Crippen LogP contribution >= 0.6 is 0 Å². The molecule has 1 aromatic rings. The van der Waals surface area contributed by atoms with Crippen molar-refractivity contribution in [1.82, 2.24) is 5.32 Å². The van der Waals surface area contributed by atoms with Crippen LogP contribution in [0.5, 0.6) is 0 Å². The first-order valence-corrected chi connectivity index (χ1v) is 6.75. The van der Waals surface area contributed by atoms with Gasteiger partial charge < -0.3 is 10.2 Å². The number of hydrogen-bond donors (Lipinski definition) is 1. The highest BCUT2D eigenvalue weighted by Crippen LogP contribution is 2.48. The van der Waals surface area contributed by atoms with E-state index in [-0.39, 0.29) is 17.1 Å². The molecule has 1 spiro atoms. The SMILES string of the molecule is CC1(C)NCC2(CC2)CN(c2cccc(F)c2)C1=O. The summed E-state index contributed by atoms with van der Waals surface area (Å²) in [5, 5.41) is 3.35. The summed E-state index contributed by atoms with van der Waals surface area (Å²) in [7, 11) is 0. The van der Waals surface area contributed by atoms with E-state index < -0.39 is 5.54 Å². The lowest BCUT2D eigenvalue weighted by molar-refractivity contribution is -0.123. The Bertz CT molecular complexity index is 523. The van der Waals surface area contributed by atoms with Gasteiger partial charge in [-0.15, -0.1) is 0 Å². The Morgan fingerprint density at radius 3 is 2.68 bits per heavy atom. The number of benzene rings is 1. The predicted octanol–water partition coefficient (Wildman–Crippen LogP) is 2.32. The summed E-state index contributed by atoms with van der Waals surface area (Å²) in [5.74, 6) is -0.285. The highest BCUT2D eigenvalue weighted by molar-refractivity contribution is 6.00. The summed E-state index contributed by atoms with van der Waals surface area (Å²) in [4.78, 5) is 14.4. The van der Waals surface area contributed by atoms with Crippen molar-refractivity contribution in [2.75, 3.05) is 18.0 Å². The second-order valence-electron chi connectivity index (χ2n) is 6.35. The molecule has 1 aromatic carbocycles. The maximum absolute atomic E-state index is 13.4. The molecule has 0 aromatic heterocycles. The van der Waals surface area contributed by atoms with Gasteiger partial charge in [0.1, 0.15) is 5.82 Å². The molecule has 2 fully saturated rings. The molecular weight excluding hydrogens is 243 g/mol. The average Bonchev–Trinajstić information content (AvgIpc) is 3.14. The zero-order valence-corrected chi connectivity index (χ0v) is 11.4. The van der Waals surface area contributed by atoms with Gasteiger partial charge in [-0.05, 0) is 44.9 Å².